The van der Waals surface area contributed by atoms with E-state index in [1.807, 2.05) is 0 Å². The molecule has 2 N–H and O–H groups in total. The van der Waals surface area contributed by atoms with Gasteiger partial charge in [-0.15, -0.1) is 0 Å². The van der Waals surface area contributed by atoms with E-state index in [4.69, 9.17) is 5.73 Å². The molecule has 1 unspecified atom stereocenters. The van der Waals surface area contributed by atoms with Crippen LogP contribution in [0.3, 0.4) is 0 Å². The Labute approximate surface area is 116 Å². The van der Waals surface area contributed by atoms with Gasteiger partial charge in [-0.25, -0.2) is 8.42 Å². The molecule has 0 fully saturated rings. The third-order valence-corrected chi connectivity index (χ3v) is 4.18. The fourth-order valence-corrected chi connectivity index (χ4v) is 2.73. The smallest absolute Gasteiger partial charge is 0.286 e. The predicted octanol–water partition coefficient (Wildman–Crippen LogP) is 0.595. The summed E-state index contributed by atoms with van der Waals surface area (Å²) < 4.78 is 22.9. The Morgan fingerprint density at radius 3 is 2.55 bits per heavy atom. The number of aliphatic imine (C=N–C) groups is 2. The van der Waals surface area contributed by atoms with E-state index in [9.17, 15) is 8.42 Å². The van der Waals surface area contributed by atoms with Gasteiger partial charge in [-0.1, -0.05) is 4.59 Å². The molecule has 0 aliphatic carbocycles. The molecule has 0 saturated heterocycles. The van der Waals surface area contributed by atoms with Gasteiger partial charge >= 0.3 is 0 Å². The summed E-state index contributed by atoms with van der Waals surface area (Å²) in [5.74, 6) is 0.724. The highest BCUT2D eigenvalue weighted by Crippen LogP contribution is 2.30. The number of quaternary nitrogens is 1. The standard InChI is InChI=1S/C12H12N5O2S/c1-20(18,19)10-4-2-9(3-5-10)17-7-6-14-8-11(17)15-12(13)16-17/h2-8H,1H3,(H2,13,16)/q+1. The Kier molecular flexibility index (Phi) is 2.59. The van der Waals surface area contributed by atoms with Crippen LogP contribution in [0.25, 0.3) is 0 Å². The lowest BCUT2D eigenvalue weighted by atomic mass is 10.2. The summed E-state index contributed by atoms with van der Waals surface area (Å²) in [5.41, 5.74) is 6.41. The zero-order valence-corrected chi connectivity index (χ0v) is 11.4. The first-order chi connectivity index (χ1) is 9.42. The first-order valence-corrected chi connectivity index (χ1v) is 7.66. The summed E-state index contributed by atoms with van der Waals surface area (Å²) in [6.45, 7) is 0. The van der Waals surface area contributed by atoms with Crippen LogP contribution < -0.4 is 10.3 Å². The summed E-state index contributed by atoms with van der Waals surface area (Å²) >= 11 is 0. The number of benzene rings is 1. The number of guanidine groups is 1. The molecule has 0 aromatic heterocycles. The number of nitrogens with two attached hydrogens (primary N) is 1. The van der Waals surface area contributed by atoms with Crippen molar-refractivity contribution in [3.63, 3.8) is 0 Å². The van der Waals surface area contributed by atoms with E-state index in [1.54, 1.807) is 42.9 Å². The van der Waals surface area contributed by atoms with Crippen molar-refractivity contribution in [2.75, 3.05) is 6.26 Å². The van der Waals surface area contributed by atoms with Crippen molar-refractivity contribution in [2.45, 2.75) is 4.90 Å². The molecule has 0 saturated carbocycles. The second-order valence-corrected chi connectivity index (χ2v) is 6.47. The second kappa shape index (κ2) is 4.09. The van der Waals surface area contributed by atoms with Crippen LogP contribution in [-0.4, -0.2) is 32.7 Å². The van der Waals surface area contributed by atoms with Gasteiger partial charge in [0.1, 0.15) is 6.21 Å². The summed E-state index contributed by atoms with van der Waals surface area (Å²) in [7, 11) is -3.23. The minimum absolute atomic E-state index is 0.0284. The van der Waals surface area contributed by atoms with E-state index in [2.05, 4.69) is 15.1 Å². The quantitative estimate of drug-likeness (QED) is 0.807. The highest BCUT2D eigenvalue weighted by molar-refractivity contribution is 7.90. The molecule has 1 atom stereocenters. The van der Waals surface area contributed by atoms with E-state index in [0.717, 1.165) is 5.69 Å². The van der Waals surface area contributed by atoms with Gasteiger partial charge in [-0.05, 0) is 17.2 Å². The lowest BCUT2D eigenvalue weighted by molar-refractivity contribution is 0.590. The molecule has 3 rings (SSSR count). The third-order valence-electron chi connectivity index (χ3n) is 3.06. The highest BCUT2D eigenvalue weighted by Gasteiger charge is 2.42. The van der Waals surface area contributed by atoms with Crippen molar-refractivity contribution in [1.82, 2.24) is 4.59 Å². The number of fused-ring (bicyclic) bond motifs is 1. The highest BCUT2D eigenvalue weighted by atomic mass is 32.2. The molecule has 2 aliphatic rings. The number of hydrogen-bond donors (Lipinski definition) is 1. The van der Waals surface area contributed by atoms with Crippen LogP contribution in [0.5, 0.6) is 0 Å². The molecule has 2 aliphatic heterocycles. The molecule has 0 bridgehead atoms. The topological polar surface area (TPSA) is 97.2 Å². The van der Waals surface area contributed by atoms with Crippen LogP contribution in [0, 0.1) is 0 Å². The Bertz CT molecular complexity index is 790. The SMILES string of the molecule is CS(=O)(=O)c1ccc([N+]23C=CN=CC2=NC(N)=N3)cc1. The molecule has 1 aromatic carbocycles. The second-order valence-electron chi connectivity index (χ2n) is 4.46. The molecule has 8 heteroatoms. The molecule has 2 heterocycles. The number of amidine groups is 1. The Hall–Kier alpha value is -2.32. The van der Waals surface area contributed by atoms with Crippen LogP contribution in [-0.2, 0) is 9.84 Å². The van der Waals surface area contributed by atoms with Gasteiger partial charge in [0.05, 0.1) is 11.1 Å². The van der Waals surface area contributed by atoms with Gasteiger partial charge in [0.15, 0.2) is 21.7 Å². The largest absolute Gasteiger partial charge is 0.363 e. The van der Waals surface area contributed by atoms with E-state index >= 15 is 0 Å². The van der Waals surface area contributed by atoms with Crippen LogP contribution in [0.1, 0.15) is 0 Å². The summed E-state index contributed by atoms with van der Waals surface area (Å²) in [6, 6.07) is 6.47. The number of rotatable bonds is 2. The number of hydrogen-bond acceptors (Lipinski definition) is 6. The maximum atomic E-state index is 11.5. The van der Waals surface area contributed by atoms with Crippen molar-refractivity contribution in [2.24, 2.45) is 20.8 Å². The molecular weight excluding hydrogens is 278 g/mol. The van der Waals surface area contributed by atoms with Crippen LogP contribution in [0.15, 0.2) is 56.6 Å². The van der Waals surface area contributed by atoms with E-state index in [1.165, 1.54) is 6.26 Å². The van der Waals surface area contributed by atoms with Gasteiger partial charge in [-0.2, -0.15) is 4.99 Å². The predicted molar refractivity (Wildman–Crippen MR) is 78.0 cm³/mol. The average Bonchev–Trinajstić information content (AvgIpc) is 2.75. The van der Waals surface area contributed by atoms with Gasteiger partial charge in [0, 0.05) is 18.4 Å². The zero-order chi connectivity index (χ0) is 14.4. The number of sulfone groups is 1. The van der Waals surface area contributed by atoms with E-state index in [0.29, 0.717) is 5.84 Å². The number of nitrogens with zero attached hydrogens (tertiary/aromatic N) is 4. The molecule has 102 valence electrons. The van der Waals surface area contributed by atoms with Crippen LogP contribution >= 0.6 is 0 Å². The minimum Gasteiger partial charge on any atom is -0.363 e. The van der Waals surface area contributed by atoms with Crippen LogP contribution in [0.2, 0.25) is 0 Å². The fraction of sp³-hybridized carbons (Fsp3) is 0.0833. The summed E-state index contributed by atoms with van der Waals surface area (Å²) in [4.78, 5) is 8.39. The lowest BCUT2D eigenvalue weighted by Gasteiger charge is -2.23. The first-order valence-electron chi connectivity index (χ1n) is 5.77. The maximum absolute atomic E-state index is 11.5. The lowest BCUT2D eigenvalue weighted by Crippen LogP contribution is -2.44. The van der Waals surface area contributed by atoms with Crippen LogP contribution in [0.4, 0.5) is 5.69 Å². The molecule has 7 nitrogen and oxygen atoms in total. The third kappa shape index (κ3) is 1.86. The van der Waals surface area contributed by atoms with Gasteiger partial charge in [0.2, 0.25) is 0 Å². The minimum atomic E-state index is -3.23. The molecule has 0 radical (unpaired) electrons. The first kappa shape index (κ1) is 12.7. The maximum Gasteiger partial charge on any atom is 0.286 e. The van der Waals surface area contributed by atoms with Crippen molar-refractivity contribution >= 4 is 33.5 Å². The normalized spacial score (nSPS) is 24.2. The Balaban J connectivity index is 2.12. The Morgan fingerprint density at radius 2 is 1.90 bits per heavy atom. The molecule has 20 heavy (non-hydrogen) atoms. The monoisotopic (exact) mass is 290 g/mol. The van der Waals surface area contributed by atoms with Gasteiger partial charge < -0.3 is 5.73 Å². The van der Waals surface area contributed by atoms with Gasteiger partial charge in [-0.3, -0.25) is 4.99 Å². The summed E-state index contributed by atoms with van der Waals surface area (Å²) in [5, 5.41) is 4.30. The van der Waals surface area contributed by atoms with Crippen molar-refractivity contribution in [3.8, 4) is 0 Å². The van der Waals surface area contributed by atoms with Gasteiger partial charge in [0.25, 0.3) is 11.8 Å². The zero-order valence-electron chi connectivity index (χ0n) is 10.6. The molecule has 0 amide bonds. The van der Waals surface area contributed by atoms with Crippen molar-refractivity contribution in [3.05, 3.63) is 36.7 Å². The molecule has 0 spiro atoms. The molecular formula is C12H12N5O2S+. The van der Waals surface area contributed by atoms with Crippen molar-refractivity contribution in [1.29, 1.82) is 0 Å². The van der Waals surface area contributed by atoms with E-state index in [-0.39, 0.29) is 15.4 Å². The van der Waals surface area contributed by atoms with Crippen molar-refractivity contribution < 1.29 is 8.42 Å². The summed E-state index contributed by atoms with van der Waals surface area (Å²) in [6.07, 6.45) is 6.08. The fourth-order valence-electron chi connectivity index (χ4n) is 2.10. The molecule has 1 aromatic rings. The van der Waals surface area contributed by atoms with E-state index < -0.39 is 9.84 Å². The average molecular weight is 290 g/mol. The Morgan fingerprint density at radius 1 is 1.20 bits per heavy atom.